The Kier molecular flexibility index (Phi) is 3.20. The summed E-state index contributed by atoms with van der Waals surface area (Å²) in [4.78, 5) is 4.92. The van der Waals surface area contributed by atoms with Crippen LogP contribution in [-0.4, -0.2) is 22.0 Å². The lowest BCUT2D eigenvalue weighted by Gasteiger charge is -2.22. The Morgan fingerprint density at radius 1 is 1.67 bits per heavy atom. The van der Waals surface area contributed by atoms with Crippen molar-refractivity contribution in [1.82, 2.24) is 4.98 Å². The topological polar surface area (TPSA) is 22.1 Å². The highest BCUT2D eigenvalue weighted by atomic mass is 79.9. The Bertz CT molecular complexity index is 350. The maximum absolute atomic E-state index is 5.77. The van der Waals surface area contributed by atoms with Gasteiger partial charge in [-0.2, -0.15) is 0 Å². The minimum atomic E-state index is -0.0459. The predicted molar refractivity (Wildman–Crippen MR) is 66.8 cm³/mol. The van der Waals surface area contributed by atoms with Crippen molar-refractivity contribution in [1.29, 1.82) is 0 Å². The number of aryl methyl sites for hydroxylation is 1. The molecule has 2 atom stereocenters. The van der Waals surface area contributed by atoms with Crippen LogP contribution in [0.1, 0.15) is 24.5 Å². The first-order valence-corrected chi connectivity index (χ1v) is 6.97. The molecule has 15 heavy (non-hydrogen) atoms. The molecule has 0 bridgehead atoms. The summed E-state index contributed by atoms with van der Waals surface area (Å²) in [5.41, 5.74) is 1.16. The molecule has 0 aromatic carbocycles. The molecule has 1 aromatic rings. The molecule has 2 nitrogen and oxygen atoms in total. The van der Waals surface area contributed by atoms with Crippen molar-refractivity contribution in [2.75, 3.05) is 6.61 Å². The molecular formula is C11H16BrNOS. The van der Waals surface area contributed by atoms with Crippen molar-refractivity contribution in [2.24, 2.45) is 5.92 Å². The molecule has 1 aliphatic heterocycles. The standard InChI is InChI=1S/C11H16BrNOS/c1-7-13-9(6-15-7)4-8-5-14-11(2,3)10(8)12/h6,8,10H,4-5H2,1-3H3. The summed E-state index contributed by atoms with van der Waals surface area (Å²) in [7, 11) is 0. The lowest BCUT2D eigenvalue weighted by atomic mass is 9.94. The van der Waals surface area contributed by atoms with Crippen LogP contribution in [0, 0.1) is 12.8 Å². The molecule has 2 rings (SSSR count). The molecule has 0 aliphatic carbocycles. The van der Waals surface area contributed by atoms with Gasteiger partial charge in [-0.3, -0.25) is 0 Å². The van der Waals surface area contributed by atoms with Crippen LogP contribution >= 0.6 is 27.3 Å². The maximum atomic E-state index is 5.77. The van der Waals surface area contributed by atoms with E-state index in [-0.39, 0.29) is 5.60 Å². The Hall–Kier alpha value is 0.0700. The summed E-state index contributed by atoms with van der Waals surface area (Å²) in [5.74, 6) is 0.543. The maximum Gasteiger partial charge on any atom is 0.0897 e. The van der Waals surface area contributed by atoms with E-state index in [4.69, 9.17) is 4.74 Å². The van der Waals surface area contributed by atoms with Crippen molar-refractivity contribution in [3.05, 3.63) is 16.1 Å². The molecule has 1 saturated heterocycles. The molecule has 1 aromatic heterocycles. The van der Waals surface area contributed by atoms with Gasteiger partial charge in [0.2, 0.25) is 0 Å². The number of nitrogens with zero attached hydrogens (tertiary/aromatic N) is 1. The molecule has 0 saturated carbocycles. The number of halogens is 1. The van der Waals surface area contributed by atoms with Crippen molar-refractivity contribution >= 4 is 27.3 Å². The second-order valence-electron chi connectivity index (χ2n) is 4.64. The first-order chi connectivity index (χ1) is 6.99. The Morgan fingerprint density at radius 2 is 2.40 bits per heavy atom. The lowest BCUT2D eigenvalue weighted by Crippen LogP contribution is -2.30. The molecule has 1 aliphatic rings. The monoisotopic (exact) mass is 289 g/mol. The Labute approximate surface area is 103 Å². The highest BCUT2D eigenvalue weighted by Crippen LogP contribution is 2.37. The molecular weight excluding hydrogens is 274 g/mol. The SMILES string of the molecule is Cc1nc(CC2COC(C)(C)C2Br)cs1. The molecule has 2 unspecified atom stereocenters. The van der Waals surface area contributed by atoms with E-state index in [0.29, 0.717) is 10.7 Å². The van der Waals surface area contributed by atoms with Gasteiger partial charge in [-0.1, -0.05) is 15.9 Å². The molecule has 0 radical (unpaired) electrons. The number of hydrogen-bond acceptors (Lipinski definition) is 3. The minimum absolute atomic E-state index is 0.0459. The van der Waals surface area contributed by atoms with E-state index in [9.17, 15) is 0 Å². The van der Waals surface area contributed by atoms with Gasteiger partial charge < -0.3 is 4.74 Å². The molecule has 0 N–H and O–H groups in total. The quantitative estimate of drug-likeness (QED) is 0.780. The van der Waals surface area contributed by atoms with E-state index in [1.54, 1.807) is 11.3 Å². The molecule has 1 fully saturated rings. The second-order valence-corrected chi connectivity index (χ2v) is 6.69. The van der Waals surface area contributed by atoms with Crippen molar-refractivity contribution in [3.63, 3.8) is 0 Å². The van der Waals surface area contributed by atoms with Gasteiger partial charge in [0.1, 0.15) is 0 Å². The zero-order chi connectivity index (χ0) is 11.1. The van der Waals surface area contributed by atoms with Crippen LogP contribution in [0.2, 0.25) is 0 Å². The van der Waals surface area contributed by atoms with E-state index in [1.807, 2.05) is 0 Å². The van der Waals surface area contributed by atoms with E-state index < -0.39 is 0 Å². The lowest BCUT2D eigenvalue weighted by molar-refractivity contribution is 0.0380. The van der Waals surface area contributed by atoms with Crippen LogP contribution in [-0.2, 0) is 11.2 Å². The van der Waals surface area contributed by atoms with Crippen LogP contribution in [0.5, 0.6) is 0 Å². The Morgan fingerprint density at radius 3 is 2.87 bits per heavy atom. The van der Waals surface area contributed by atoms with Crippen molar-refractivity contribution < 1.29 is 4.74 Å². The number of hydrogen-bond donors (Lipinski definition) is 0. The zero-order valence-electron chi connectivity index (χ0n) is 9.29. The molecule has 0 amide bonds. The number of ether oxygens (including phenoxy) is 1. The third-order valence-corrected chi connectivity index (χ3v) is 5.56. The predicted octanol–water partition coefficient (Wildman–Crippen LogP) is 3.18. The zero-order valence-corrected chi connectivity index (χ0v) is 11.7. The highest BCUT2D eigenvalue weighted by Gasteiger charge is 2.41. The van der Waals surface area contributed by atoms with Gasteiger partial charge in [-0.25, -0.2) is 4.98 Å². The van der Waals surface area contributed by atoms with Crippen LogP contribution in [0.3, 0.4) is 0 Å². The van der Waals surface area contributed by atoms with E-state index >= 15 is 0 Å². The largest absolute Gasteiger partial charge is 0.374 e. The minimum Gasteiger partial charge on any atom is -0.374 e. The number of rotatable bonds is 2. The summed E-state index contributed by atoms with van der Waals surface area (Å²) in [5, 5.41) is 3.30. The average molecular weight is 290 g/mol. The summed E-state index contributed by atoms with van der Waals surface area (Å²) in [6.07, 6.45) is 1.02. The highest BCUT2D eigenvalue weighted by molar-refractivity contribution is 9.09. The van der Waals surface area contributed by atoms with Crippen LogP contribution in [0.25, 0.3) is 0 Å². The average Bonchev–Trinajstić information content (AvgIpc) is 2.66. The van der Waals surface area contributed by atoms with Gasteiger partial charge in [0.25, 0.3) is 0 Å². The van der Waals surface area contributed by atoms with Crippen molar-refractivity contribution in [3.8, 4) is 0 Å². The summed E-state index contributed by atoms with van der Waals surface area (Å²) < 4.78 is 5.77. The third kappa shape index (κ3) is 2.43. The first kappa shape index (κ1) is 11.6. The van der Waals surface area contributed by atoms with Gasteiger partial charge in [-0.05, 0) is 27.2 Å². The van der Waals surface area contributed by atoms with Crippen LogP contribution in [0.4, 0.5) is 0 Å². The fourth-order valence-electron chi connectivity index (χ4n) is 1.99. The van der Waals surface area contributed by atoms with Gasteiger partial charge in [-0.15, -0.1) is 11.3 Å². The first-order valence-electron chi connectivity index (χ1n) is 5.18. The van der Waals surface area contributed by atoms with Crippen LogP contribution < -0.4 is 0 Å². The van der Waals surface area contributed by atoms with Gasteiger partial charge >= 0.3 is 0 Å². The molecule has 4 heteroatoms. The fourth-order valence-corrected chi connectivity index (χ4v) is 3.08. The van der Waals surface area contributed by atoms with E-state index in [0.717, 1.165) is 18.0 Å². The summed E-state index contributed by atoms with van der Waals surface area (Å²) >= 11 is 5.46. The third-order valence-electron chi connectivity index (χ3n) is 2.89. The normalized spacial score (nSPS) is 29.6. The van der Waals surface area contributed by atoms with Gasteiger partial charge in [0, 0.05) is 16.1 Å². The smallest absolute Gasteiger partial charge is 0.0897 e. The van der Waals surface area contributed by atoms with Gasteiger partial charge in [0.05, 0.1) is 22.9 Å². The molecule has 0 spiro atoms. The number of thiazole rings is 1. The van der Waals surface area contributed by atoms with E-state index in [2.05, 4.69) is 47.1 Å². The van der Waals surface area contributed by atoms with Crippen molar-refractivity contribution in [2.45, 2.75) is 37.6 Å². The summed E-state index contributed by atoms with van der Waals surface area (Å²) in [6.45, 7) is 7.16. The molecule has 2 heterocycles. The Balaban J connectivity index is 2.02. The van der Waals surface area contributed by atoms with Crippen LogP contribution in [0.15, 0.2) is 5.38 Å². The van der Waals surface area contributed by atoms with Gasteiger partial charge in [0.15, 0.2) is 0 Å². The fraction of sp³-hybridized carbons (Fsp3) is 0.727. The number of aromatic nitrogens is 1. The second kappa shape index (κ2) is 4.15. The molecule has 84 valence electrons. The van der Waals surface area contributed by atoms with E-state index in [1.165, 1.54) is 5.69 Å². The number of alkyl halides is 1. The summed E-state index contributed by atoms with van der Waals surface area (Å²) in [6, 6.07) is 0.